The van der Waals surface area contributed by atoms with Gasteiger partial charge in [-0.05, 0) is 51.0 Å². The normalized spacial score (nSPS) is 10.7. The SMILES string of the molecule is CCc1sc(C(=O)NNC(=O)Cc2c(C)nn(-c3ccccc3)c2C)cc1C. The van der Waals surface area contributed by atoms with Gasteiger partial charge in [-0.3, -0.25) is 20.4 Å². The summed E-state index contributed by atoms with van der Waals surface area (Å²) in [4.78, 5) is 26.4. The Bertz CT molecular complexity index is 1010. The molecule has 2 aromatic heterocycles. The fourth-order valence-corrected chi connectivity index (χ4v) is 4.14. The second kappa shape index (κ2) is 8.39. The number of nitrogens with zero attached hydrogens (tertiary/aromatic N) is 2. The molecule has 0 unspecified atom stereocenters. The highest BCUT2D eigenvalue weighted by Gasteiger charge is 2.17. The zero-order valence-electron chi connectivity index (χ0n) is 16.5. The Morgan fingerprint density at radius 1 is 1.11 bits per heavy atom. The third-order valence-electron chi connectivity index (χ3n) is 4.66. The standard InChI is InChI=1S/C21H24N4O2S/c1-5-18-13(2)11-19(28-18)21(27)23-22-20(26)12-17-14(3)24-25(15(17)4)16-9-7-6-8-10-16/h6-11H,5,12H2,1-4H3,(H,22,26)(H,23,27). The molecule has 0 aliphatic rings. The van der Waals surface area contributed by atoms with E-state index in [4.69, 9.17) is 0 Å². The van der Waals surface area contributed by atoms with Gasteiger partial charge in [-0.25, -0.2) is 4.68 Å². The van der Waals surface area contributed by atoms with Gasteiger partial charge in [0.2, 0.25) is 5.91 Å². The maximum absolute atomic E-state index is 12.4. The molecule has 0 bridgehead atoms. The molecule has 0 radical (unpaired) electrons. The maximum atomic E-state index is 12.4. The van der Waals surface area contributed by atoms with E-state index in [-0.39, 0.29) is 18.2 Å². The Labute approximate surface area is 168 Å². The summed E-state index contributed by atoms with van der Waals surface area (Å²) in [5.74, 6) is -0.578. The van der Waals surface area contributed by atoms with Crippen LogP contribution in [0.5, 0.6) is 0 Å². The van der Waals surface area contributed by atoms with Crippen LogP contribution < -0.4 is 10.9 Å². The number of amides is 2. The highest BCUT2D eigenvalue weighted by atomic mass is 32.1. The van der Waals surface area contributed by atoms with E-state index < -0.39 is 0 Å². The van der Waals surface area contributed by atoms with Crippen LogP contribution in [0, 0.1) is 20.8 Å². The third-order valence-corrected chi connectivity index (χ3v) is 6.04. The molecule has 3 aromatic rings. The lowest BCUT2D eigenvalue weighted by Crippen LogP contribution is -2.42. The van der Waals surface area contributed by atoms with Crippen LogP contribution in [-0.4, -0.2) is 21.6 Å². The molecule has 0 atom stereocenters. The van der Waals surface area contributed by atoms with Crippen LogP contribution in [0.25, 0.3) is 5.69 Å². The first-order chi connectivity index (χ1) is 13.4. The van der Waals surface area contributed by atoms with E-state index in [1.165, 1.54) is 16.2 Å². The molecule has 2 heterocycles. The van der Waals surface area contributed by atoms with Crippen LogP contribution in [0.4, 0.5) is 0 Å². The molecule has 0 spiro atoms. The zero-order valence-corrected chi connectivity index (χ0v) is 17.3. The lowest BCUT2D eigenvalue weighted by Gasteiger charge is -2.07. The van der Waals surface area contributed by atoms with Crippen LogP contribution in [0.3, 0.4) is 0 Å². The summed E-state index contributed by atoms with van der Waals surface area (Å²) in [7, 11) is 0. The lowest BCUT2D eigenvalue weighted by molar-refractivity contribution is -0.121. The number of hydrogen-bond acceptors (Lipinski definition) is 4. The van der Waals surface area contributed by atoms with Crippen molar-refractivity contribution >= 4 is 23.2 Å². The Morgan fingerprint density at radius 2 is 1.82 bits per heavy atom. The Kier molecular flexibility index (Phi) is 5.94. The van der Waals surface area contributed by atoms with Gasteiger partial charge in [0, 0.05) is 16.1 Å². The zero-order chi connectivity index (χ0) is 20.3. The molecular weight excluding hydrogens is 372 g/mol. The first kappa shape index (κ1) is 19.8. The van der Waals surface area contributed by atoms with Gasteiger partial charge in [0.25, 0.3) is 5.91 Å². The van der Waals surface area contributed by atoms with Gasteiger partial charge in [-0.1, -0.05) is 25.1 Å². The van der Waals surface area contributed by atoms with E-state index in [0.717, 1.165) is 34.6 Å². The Balaban J connectivity index is 1.65. The number of hydrogen-bond donors (Lipinski definition) is 2. The first-order valence-corrected chi connectivity index (χ1v) is 10.0. The van der Waals surface area contributed by atoms with Crippen LogP contribution in [0.15, 0.2) is 36.4 Å². The summed E-state index contributed by atoms with van der Waals surface area (Å²) in [6, 6.07) is 11.6. The molecule has 28 heavy (non-hydrogen) atoms. The van der Waals surface area contributed by atoms with Gasteiger partial charge < -0.3 is 0 Å². The molecule has 7 heteroatoms. The Morgan fingerprint density at radius 3 is 2.46 bits per heavy atom. The summed E-state index contributed by atoms with van der Waals surface area (Å²) in [5.41, 5.74) is 9.63. The van der Waals surface area contributed by atoms with Gasteiger partial charge in [-0.2, -0.15) is 5.10 Å². The second-order valence-electron chi connectivity index (χ2n) is 6.65. The third kappa shape index (κ3) is 4.14. The van der Waals surface area contributed by atoms with Crippen molar-refractivity contribution in [3.05, 3.63) is 68.7 Å². The molecular formula is C21H24N4O2S. The molecule has 2 N–H and O–H groups in total. The number of rotatable bonds is 5. The van der Waals surface area contributed by atoms with Gasteiger partial charge >= 0.3 is 0 Å². The fraction of sp³-hybridized carbons (Fsp3) is 0.286. The maximum Gasteiger partial charge on any atom is 0.279 e. The second-order valence-corrected chi connectivity index (χ2v) is 7.78. The minimum Gasteiger partial charge on any atom is -0.273 e. The molecule has 0 saturated carbocycles. The fourth-order valence-electron chi connectivity index (χ4n) is 3.13. The number of benzene rings is 1. The average molecular weight is 397 g/mol. The topological polar surface area (TPSA) is 76.0 Å². The molecule has 0 aliphatic carbocycles. The van der Waals surface area contributed by atoms with Crippen molar-refractivity contribution in [3.8, 4) is 5.69 Å². The molecule has 0 aliphatic heterocycles. The van der Waals surface area contributed by atoms with E-state index in [0.29, 0.717) is 4.88 Å². The van der Waals surface area contributed by atoms with Crippen molar-refractivity contribution in [2.24, 2.45) is 0 Å². The molecule has 1 aromatic carbocycles. The van der Waals surface area contributed by atoms with E-state index >= 15 is 0 Å². The number of nitrogens with one attached hydrogen (secondary N) is 2. The number of para-hydroxylation sites is 1. The van der Waals surface area contributed by atoms with Crippen molar-refractivity contribution in [1.82, 2.24) is 20.6 Å². The van der Waals surface area contributed by atoms with Crippen molar-refractivity contribution < 1.29 is 9.59 Å². The summed E-state index contributed by atoms with van der Waals surface area (Å²) >= 11 is 1.45. The van der Waals surface area contributed by atoms with E-state index in [1.54, 1.807) is 0 Å². The predicted octanol–water partition coefficient (Wildman–Crippen LogP) is 3.43. The molecule has 146 valence electrons. The number of hydrazine groups is 1. The monoisotopic (exact) mass is 396 g/mol. The van der Waals surface area contributed by atoms with Gasteiger partial charge in [0.1, 0.15) is 0 Å². The average Bonchev–Trinajstić information content (AvgIpc) is 3.21. The van der Waals surface area contributed by atoms with Gasteiger partial charge in [-0.15, -0.1) is 11.3 Å². The summed E-state index contributed by atoms with van der Waals surface area (Å²) in [6.07, 6.45) is 1.04. The van der Waals surface area contributed by atoms with Crippen molar-refractivity contribution in [1.29, 1.82) is 0 Å². The highest BCUT2D eigenvalue weighted by molar-refractivity contribution is 7.14. The number of aryl methyl sites for hydroxylation is 3. The quantitative estimate of drug-likeness (QED) is 0.649. The van der Waals surface area contributed by atoms with Gasteiger partial charge in [0.05, 0.1) is 22.7 Å². The van der Waals surface area contributed by atoms with E-state index in [9.17, 15) is 9.59 Å². The van der Waals surface area contributed by atoms with E-state index in [1.807, 2.05) is 61.9 Å². The molecule has 0 fully saturated rings. The minimum atomic E-state index is -0.297. The lowest BCUT2D eigenvalue weighted by atomic mass is 10.1. The largest absolute Gasteiger partial charge is 0.279 e. The minimum absolute atomic E-state index is 0.147. The molecule has 3 rings (SSSR count). The first-order valence-electron chi connectivity index (χ1n) is 9.19. The van der Waals surface area contributed by atoms with Crippen molar-refractivity contribution in [2.75, 3.05) is 0 Å². The van der Waals surface area contributed by atoms with E-state index in [2.05, 4.69) is 22.9 Å². The summed E-state index contributed by atoms with van der Waals surface area (Å²) in [5, 5.41) is 4.55. The smallest absolute Gasteiger partial charge is 0.273 e. The number of carbonyl (C=O) groups excluding carboxylic acids is 2. The Hall–Kier alpha value is -2.93. The van der Waals surface area contributed by atoms with Crippen LogP contribution in [0.1, 0.15) is 44.0 Å². The number of carbonyl (C=O) groups is 2. The van der Waals surface area contributed by atoms with Crippen molar-refractivity contribution in [3.63, 3.8) is 0 Å². The van der Waals surface area contributed by atoms with Crippen molar-refractivity contribution in [2.45, 2.75) is 40.5 Å². The van der Waals surface area contributed by atoms with Gasteiger partial charge in [0.15, 0.2) is 0 Å². The number of aromatic nitrogens is 2. The number of thiophene rings is 1. The highest BCUT2D eigenvalue weighted by Crippen LogP contribution is 2.22. The molecule has 6 nitrogen and oxygen atoms in total. The van der Waals surface area contributed by atoms with Crippen LogP contribution in [0.2, 0.25) is 0 Å². The van der Waals surface area contributed by atoms with Crippen LogP contribution >= 0.6 is 11.3 Å². The predicted molar refractivity (Wildman–Crippen MR) is 111 cm³/mol. The van der Waals surface area contributed by atoms with Crippen LogP contribution in [-0.2, 0) is 17.6 Å². The molecule has 2 amide bonds. The summed E-state index contributed by atoms with van der Waals surface area (Å²) in [6.45, 7) is 7.87. The summed E-state index contributed by atoms with van der Waals surface area (Å²) < 4.78 is 1.83. The molecule has 0 saturated heterocycles.